The number of nitrogens with one attached hydrogen (secondary N) is 1. The molecule has 1 heterocycles. The molecule has 1 aliphatic heterocycles. The zero-order chi connectivity index (χ0) is 20.2. The average molecular weight is 378 g/mol. The summed E-state index contributed by atoms with van der Waals surface area (Å²) in [5, 5.41) is 10.4. The molecule has 2 N–H and O–H groups in total. The van der Waals surface area contributed by atoms with Crippen molar-refractivity contribution in [2.24, 2.45) is 0 Å². The number of amides is 2. The summed E-state index contributed by atoms with van der Waals surface area (Å²) >= 11 is 0. The van der Waals surface area contributed by atoms with Crippen molar-refractivity contribution in [1.82, 2.24) is 0 Å². The van der Waals surface area contributed by atoms with Crippen LogP contribution in [0, 0.1) is 0 Å². The highest BCUT2D eigenvalue weighted by molar-refractivity contribution is 6.37. The molecule has 0 radical (unpaired) electrons. The standard InChI is InChI=1S/C15H18N2O4.C4H8O2/c1-2-21-15(20)14(19)16-11-6-8-12(9-7-11)17-10-4-3-5-13(17)18;1-2-3-4(5)6/h6-9H,2-5,10H2,1H3,(H,16,19);2-3H2,1H3,(H,5,6). The summed E-state index contributed by atoms with van der Waals surface area (Å²) in [5.74, 6) is -2.31. The van der Waals surface area contributed by atoms with Gasteiger partial charge in [0.05, 0.1) is 6.61 Å². The highest BCUT2D eigenvalue weighted by atomic mass is 16.5. The lowest BCUT2D eigenvalue weighted by Crippen LogP contribution is -2.35. The van der Waals surface area contributed by atoms with Crippen LogP contribution in [0.3, 0.4) is 0 Å². The molecule has 8 nitrogen and oxygen atoms in total. The smallest absolute Gasteiger partial charge is 0.397 e. The van der Waals surface area contributed by atoms with Gasteiger partial charge < -0.3 is 20.1 Å². The molecule has 0 aliphatic carbocycles. The quantitative estimate of drug-likeness (QED) is 0.601. The van der Waals surface area contributed by atoms with E-state index in [0.717, 1.165) is 24.9 Å². The van der Waals surface area contributed by atoms with E-state index in [1.54, 1.807) is 36.1 Å². The van der Waals surface area contributed by atoms with Gasteiger partial charge in [-0.3, -0.25) is 14.4 Å². The monoisotopic (exact) mass is 378 g/mol. The van der Waals surface area contributed by atoms with Crippen molar-refractivity contribution < 1.29 is 29.0 Å². The molecule has 1 aliphatic rings. The first-order valence-corrected chi connectivity index (χ1v) is 8.99. The van der Waals surface area contributed by atoms with Crippen molar-refractivity contribution in [3.63, 3.8) is 0 Å². The van der Waals surface area contributed by atoms with Gasteiger partial charge >= 0.3 is 17.8 Å². The van der Waals surface area contributed by atoms with Crippen LogP contribution < -0.4 is 10.2 Å². The lowest BCUT2D eigenvalue weighted by molar-refractivity contribution is -0.152. The summed E-state index contributed by atoms with van der Waals surface area (Å²) in [6.07, 6.45) is 3.52. The highest BCUT2D eigenvalue weighted by Gasteiger charge is 2.20. The number of hydrogen-bond donors (Lipinski definition) is 2. The number of anilines is 2. The van der Waals surface area contributed by atoms with Gasteiger partial charge in [0, 0.05) is 30.8 Å². The lowest BCUT2D eigenvalue weighted by Gasteiger charge is -2.26. The number of aliphatic carboxylic acids is 1. The van der Waals surface area contributed by atoms with Crippen LogP contribution in [0.1, 0.15) is 46.0 Å². The number of hydrogen-bond acceptors (Lipinski definition) is 5. The second kappa shape index (κ2) is 11.7. The Balaban J connectivity index is 0.000000527. The van der Waals surface area contributed by atoms with Crippen LogP contribution in [0.25, 0.3) is 0 Å². The van der Waals surface area contributed by atoms with Gasteiger partial charge in [-0.05, 0) is 50.5 Å². The SMILES string of the molecule is CCCC(=O)O.CCOC(=O)C(=O)Nc1ccc(N2CCCCC2=O)cc1. The Labute approximate surface area is 158 Å². The third-order valence-corrected chi connectivity index (χ3v) is 3.68. The first-order chi connectivity index (χ1) is 12.9. The number of rotatable bonds is 5. The number of piperidine rings is 1. The Hall–Kier alpha value is -2.90. The maximum Gasteiger partial charge on any atom is 0.397 e. The molecular formula is C19H26N2O6. The first kappa shape index (κ1) is 22.1. The van der Waals surface area contributed by atoms with E-state index < -0.39 is 17.8 Å². The van der Waals surface area contributed by atoms with E-state index in [0.29, 0.717) is 25.1 Å². The van der Waals surface area contributed by atoms with Crippen molar-refractivity contribution in [1.29, 1.82) is 0 Å². The number of carbonyl (C=O) groups excluding carboxylic acids is 3. The van der Waals surface area contributed by atoms with Crippen LogP contribution in [0.5, 0.6) is 0 Å². The zero-order valence-electron chi connectivity index (χ0n) is 15.7. The number of nitrogens with zero attached hydrogens (tertiary/aromatic N) is 1. The number of benzene rings is 1. The normalized spacial score (nSPS) is 13.3. The summed E-state index contributed by atoms with van der Waals surface area (Å²) in [4.78, 5) is 45.9. The van der Waals surface area contributed by atoms with Crippen LogP contribution in [0.4, 0.5) is 11.4 Å². The molecule has 0 aromatic heterocycles. The van der Waals surface area contributed by atoms with Crippen molar-refractivity contribution in [2.45, 2.75) is 46.0 Å². The summed E-state index contributed by atoms with van der Waals surface area (Å²) in [7, 11) is 0. The largest absolute Gasteiger partial charge is 0.481 e. The molecule has 2 amide bonds. The molecule has 0 saturated carbocycles. The molecule has 1 saturated heterocycles. The van der Waals surface area contributed by atoms with Gasteiger partial charge in [0.2, 0.25) is 5.91 Å². The van der Waals surface area contributed by atoms with Crippen LogP contribution in [0.2, 0.25) is 0 Å². The second-order valence-corrected chi connectivity index (χ2v) is 5.87. The average Bonchev–Trinajstić information content (AvgIpc) is 2.63. The minimum Gasteiger partial charge on any atom is -0.481 e. The molecule has 8 heteroatoms. The van der Waals surface area contributed by atoms with Gasteiger partial charge in [0.15, 0.2) is 0 Å². The molecule has 0 bridgehead atoms. The van der Waals surface area contributed by atoms with Gasteiger partial charge in [-0.15, -0.1) is 0 Å². The Morgan fingerprint density at radius 2 is 1.81 bits per heavy atom. The third-order valence-electron chi connectivity index (χ3n) is 3.68. The molecule has 1 aromatic rings. The lowest BCUT2D eigenvalue weighted by atomic mass is 10.1. The fourth-order valence-corrected chi connectivity index (χ4v) is 2.40. The summed E-state index contributed by atoms with van der Waals surface area (Å²) in [5.41, 5.74) is 1.29. The minimum atomic E-state index is -0.909. The molecule has 0 unspecified atom stereocenters. The number of carbonyl (C=O) groups is 4. The highest BCUT2D eigenvalue weighted by Crippen LogP contribution is 2.22. The van der Waals surface area contributed by atoms with E-state index in [4.69, 9.17) is 5.11 Å². The molecule has 1 aromatic carbocycles. The van der Waals surface area contributed by atoms with E-state index in [1.165, 1.54) is 0 Å². The Bertz CT molecular complexity index is 657. The third kappa shape index (κ3) is 7.89. The molecule has 148 valence electrons. The first-order valence-electron chi connectivity index (χ1n) is 8.99. The van der Waals surface area contributed by atoms with Crippen LogP contribution in [0.15, 0.2) is 24.3 Å². The summed E-state index contributed by atoms with van der Waals surface area (Å²) in [6, 6.07) is 6.83. The van der Waals surface area contributed by atoms with Crippen molar-refractivity contribution >= 4 is 35.1 Å². The number of carboxylic acids is 1. The molecule has 0 atom stereocenters. The topological polar surface area (TPSA) is 113 Å². The molecule has 27 heavy (non-hydrogen) atoms. The van der Waals surface area contributed by atoms with Crippen molar-refractivity contribution in [3.05, 3.63) is 24.3 Å². The van der Waals surface area contributed by atoms with Crippen LogP contribution in [-0.2, 0) is 23.9 Å². The number of carboxylic acid groups (broad SMARTS) is 1. The maximum absolute atomic E-state index is 11.8. The van der Waals surface area contributed by atoms with Crippen LogP contribution in [-0.4, -0.2) is 42.0 Å². The van der Waals surface area contributed by atoms with E-state index in [2.05, 4.69) is 10.1 Å². The Kier molecular flexibility index (Phi) is 9.57. The summed E-state index contributed by atoms with van der Waals surface area (Å²) < 4.78 is 4.60. The predicted molar refractivity (Wildman–Crippen MR) is 100 cm³/mol. The summed E-state index contributed by atoms with van der Waals surface area (Å²) in [6.45, 7) is 4.35. The van der Waals surface area contributed by atoms with Crippen molar-refractivity contribution in [3.8, 4) is 0 Å². The Morgan fingerprint density at radius 3 is 2.30 bits per heavy atom. The van der Waals surface area contributed by atoms with Gasteiger partial charge in [-0.1, -0.05) is 6.92 Å². The molecule has 1 fully saturated rings. The van der Waals surface area contributed by atoms with Gasteiger partial charge in [0.25, 0.3) is 0 Å². The van der Waals surface area contributed by atoms with Gasteiger partial charge in [0.1, 0.15) is 0 Å². The van der Waals surface area contributed by atoms with E-state index in [1.807, 2.05) is 6.92 Å². The van der Waals surface area contributed by atoms with E-state index >= 15 is 0 Å². The fourth-order valence-electron chi connectivity index (χ4n) is 2.40. The Morgan fingerprint density at radius 1 is 1.15 bits per heavy atom. The molecular weight excluding hydrogens is 352 g/mol. The number of esters is 1. The van der Waals surface area contributed by atoms with E-state index in [-0.39, 0.29) is 12.5 Å². The van der Waals surface area contributed by atoms with Gasteiger partial charge in [-0.25, -0.2) is 4.79 Å². The van der Waals surface area contributed by atoms with Gasteiger partial charge in [-0.2, -0.15) is 0 Å². The fraction of sp³-hybridized carbons (Fsp3) is 0.474. The molecule has 2 rings (SSSR count). The van der Waals surface area contributed by atoms with Crippen LogP contribution >= 0.6 is 0 Å². The number of ether oxygens (including phenoxy) is 1. The molecule has 0 spiro atoms. The predicted octanol–water partition coefficient (Wildman–Crippen LogP) is 2.58. The second-order valence-electron chi connectivity index (χ2n) is 5.87. The van der Waals surface area contributed by atoms with Crippen molar-refractivity contribution in [2.75, 3.05) is 23.4 Å². The zero-order valence-corrected chi connectivity index (χ0v) is 15.7. The minimum absolute atomic E-state index is 0.115. The maximum atomic E-state index is 11.8. The van der Waals surface area contributed by atoms with E-state index in [9.17, 15) is 19.2 Å².